The Morgan fingerprint density at radius 1 is 1.36 bits per heavy atom. The first-order chi connectivity index (χ1) is 10.4. The fraction of sp³-hybridized carbons (Fsp3) is 0.429. The minimum absolute atomic E-state index is 0.160. The van der Waals surface area contributed by atoms with Crippen LogP contribution in [0, 0.1) is 0 Å². The molecule has 0 saturated carbocycles. The lowest BCUT2D eigenvalue weighted by Crippen LogP contribution is -2.32. The van der Waals surface area contributed by atoms with Crippen molar-refractivity contribution in [3.8, 4) is 5.88 Å². The summed E-state index contributed by atoms with van der Waals surface area (Å²) in [7, 11) is 0. The number of rotatable bonds is 5. The quantitative estimate of drug-likeness (QED) is 0.902. The molecule has 8 heteroatoms. The Morgan fingerprint density at radius 3 is 2.86 bits per heavy atom. The summed E-state index contributed by atoms with van der Waals surface area (Å²) in [5.74, 6) is 0.840. The van der Waals surface area contributed by atoms with Crippen LogP contribution in [0.25, 0.3) is 0 Å². The Labute approximate surface area is 127 Å². The van der Waals surface area contributed by atoms with Crippen molar-refractivity contribution in [3.63, 3.8) is 0 Å². The van der Waals surface area contributed by atoms with Crippen LogP contribution in [0.4, 0.5) is 4.79 Å². The van der Waals surface area contributed by atoms with Gasteiger partial charge in [-0.3, -0.25) is 0 Å². The van der Waals surface area contributed by atoms with E-state index in [1.807, 2.05) is 0 Å². The van der Waals surface area contributed by atoms with Crippen molar-refractivity contribution in [3.05, 3.63) is 36.1 Å². The molecule has 2 aromatic rings. The maximum absolute atomic E-state index is 11.6. The Balaban J connectivity index is 1.84. The molecule has 0 aliphatic heterocycles. The number of nitrogens with one attached hydrogen (secondary N) is 1. The average molecular weight is 306 g/mol. The molecule has 0 saturated heterocycles. The van der Waals surface area contributed by atoms with E-state index in [0.29, 0.717) is 17.4 Å². The standard InChI is InChI=1S/C14H18N4O4/c1-14(2,3)22-13(19)16-8-10-4-6-15-11(17-10)9-20-12-5-7-21-18-12/h4-7H,8-9H2,1-3H3,(H,16,19). The Hall–Kier alpha value is -2.64. The van der Waals surface area contributed by atoms with Crippen molar-refractivity contribution in [1.29, 1.82) is 0 Å². The van der Waals surface area contributed by atoms with Gasteiger partial charge in [0, 0.05) is 12.3 Å². The number of hydrogen-bond donors (Lipinski definition) is 1. The first kappa shape index (κ1) is 15.7. The smallest absolute Gasteiger partial charge is 0.407 e. The Kier molecular flexibility index (Phi) is 4.92. The van der Waals surface area contributed by atoms with Gasteiger partial charge in [0.15, 0.2) is 5.82 Å². The summed E-state index contributed by atoms with van der Waals surface area (Å²) in [6.07, 6.45) is 2.52. The summed E-state index contributed by atoms with van der Waals surface area (Å²) >= 11 is 0. The van der Waals surface area contributed by atoms with Crippen LogP contribution in [0.1, 0.15) is 32.3 Å². The summed E-state index contributed by atoms with van der Waals surface area (Å²) in [4.78, 5) is 19.9. The lowest BCUT2D eigenvalue weighted by atomic mass is 10.2. The van der Waals surface area contributed by atoms with Gasteiger partial charge in [-0.2, -0.15) is 0 Å². The van der Waals surface area contributed by atoms with Gasteiger partial charge < -0.3 is 19.3 Å². The number of carbonyl (C=O) groups excluding carboxylic acids is 1. The first-order valence-corrected chi connectivity index (χ1v) is 6.73. The normalized spacial score (nSPS) is 11.0. The molecule has 118 valence electrons. The SMILES string of the molecule is CC(C)(C)OC(=O)NCc1ccnc(COc2ccon2)n1. The molecule has 0 unspecified atom stereocenters. The number of nitrogens with zero attached hydrogens (tertiary/aromatic N) is 3. The third-order valence-electron chi connectivity index (χ3n) is 2.34. The van der Waals surface area contributed by atoms with E-state index >= 15 is 0 Å². The van der Waals surface area contributed by atoms with Gasteiger partial charge in [-0.1, -0.05) is 0 Å². The lowest BCUT2D eigenvalue weighted by molar-refractivity contribution is 0.0523. The summed E-state index contributed by atoms with van der Waals surface area (Å²) in [6, 6.07) is 3.30. The van der Waals surface area contributed by atoms with Gasteiger partial charge in [-0.15, -0.1) is 0 Å². The van der Waals surface area contributed by atoms with Gasteiger partial charge in [0.1, 0.15) is 18.5 Å². The summed E-state index contributed by atoms with van der Waals surface area (Å²) in [5.41, 5.74) is 0.117. The van der Waals surface area contributed by atoms with E-state index in [4.69, 9.17) is 9.47 Å². The van der Waals surface area contributed by atoms with Crippen LogP contribution >= 0.6 is 0 Å². The Bertz CT molecular complexity index is 608. The minimum atomic E-state index is -0.535. The zero-order valence-electron chi connectivity index (χ0n) is 12.7. The molecular formula is C14H18N4O4. The molecule has 22 heavy (non-hydrogen) atoms. The second kappa shape index (κ2) is 6.88. The van der Waals surface area contributed by atoms with E-state index in [9.17, 15) is 4.79 Å². The highest BCUT2D eigenvalue weighted by Gasteiger charge is 2.15. The predicted molar refractivity (Wildman–Crippen MR) is 75.9 cm³/mol. The molecule has 0 aliphatic carbocycles. The van der Waals surface area contributed by atoms with Crippen molar-refractivity contribution in [2.45, 2.75) is 39.5 Å². The van der Waals surface area contributed by atoms with E-state index in [0.717, 1.165) is 0 Å². The van der Waals surface area contributed by atoms with Crippen molar-refractivity contribution < 1.29 is 18.8 Å². The molecule has 1 amide bonds. The third kappa shape index (κ3) is 5.39. The van der Waals surface area contributed by atoms with E-state index in [2.05, 4.69) is 25.0 Å². The van der Waals surface area contributed by atoms with E-state index in [1.165, 1.54) is 6.26 Å². The van der Waals surface area contributed by atoms with Crippen molar-refractivity contribution >= 4 is 6.09 Å². The maximum Gasteiger partial charge on any atom is 0.407 e. The maximum atomic E-state index is 11.6. The fourth-order valence-electron chi connectivity index (χ4n) is 1.50. The predicted octanol–water partition coefficient (Wildman–Crippen LogP) is 2.07. The zero-order chi connectivity index (χ0) is 16.0. The summed E-state index contributed by atoms with van der Waals surface area (Å²) in [6.45, 7) is 5.81. The largest absolute Gasteiger partial charge is 0.467 e. The van der Waals surface area contributed by atoms with E-state index < -0.39 is 11.7 Å². The molecule has 0 atom stereocenters. The van der Waals surface area contributed by atoms with E-state index in [1.54, 1.807) is 39.1 Å². The molecule has 2 heterocycles. The van der Waals surface area contributed by atoms with Gasteiger partial charge in [-0.05, 0) is 32.0 Å². The third-order valence-corrected chi connectivity index (χ3v) is 2.34. The molecule has 0 spiro atoms. The number of ether oxygens (including phenoxy) is 2. The van der Waals surface area contributed by atoms with E-state index in [-0.39, 0.29) is 13.2 Å². The Morgan fingerprint density at radius 2 is 2.18 bits per heavy atom. The molecule has 1 N–H and O–H groups in total. The summed E-state index contributed by atoms with van der Waals surface area (Å²) in [5, 5.41) is 6.25. The molecule has 2 aromatic heterocycles. The van der Waals surface area contributed by atoms with Crippen LogP contribution in [0.2, 0.25) is 0 Å². The van der Waals surface area contributed by atoms with Crippen molar-refractivity contribution in [2.24, 2.45) is 0 Å². The number of hydrogen-bond acceptors (Lipinski definition) is 7. The lowest BCUT2D eigenvalue weighted by Gasteiger charge is -2.19. The van der Waals surface area contributed by atoms with Gasteiger partial charge in [-0.25, -0.2) is 14.8 Å². The van der Waals surface area contributed by atoms with Gasteiger partial charge in [0.2, 0.25) is 0 Å². The number of carbonyl (C=O) groups is 1. The van der Waals surface area contributed by atoms with Gasteiger partial charge in [0.25, 0.3) is 5.88 Å². The van der Waals surface area contributed by atoms with Crippen molar-refractivity contribution in [1.82, 2.24) is 20.4 Å². The van der Waals surface area contributed by atoms with Crippen LogP contribution in [-0.4, -0.2) is 26.8 Å². The highest BCUT2D eigenvalue weighted by Crippen LogP contribution is 2.08. The van der Waals surface area contributed by atoms with Gasteiger partial charge >= 0.3 is 6.09 Å². The minimum Gasteiger partial charge on any atom is -0.467 e. The molecule has 0 fully saturated rings. The number of alkyl carbamates (subject to hydrolysis) is 1. The highest BCUT2D eigenvalue weighted by molar-refractivity contribution is 5.67. The number of amides is 1. The van der Waals surface area contributed by atoms with Gasteiger partial charge in [0.05, 0.1) is 12.2 Å². The van der Waals surface area contributed by atoms with Crippen LogP contribution in [0.5, 0.6) is 5.88 Å². The van der Waals surface area contributed by atoms with Crippen molar-refractivity contribution in [2.75, 3.05) is 0 Å². The molecule has 8 nitrogen and oxygen atoms in total. The van der Waals surface area contributed by atoms with Crippen LogP contribution in [-0.2, 0) is 17.9 Å². The fourth-order valence-corrected chi connectivity index (χ4v) is 1.50. The number of aromatic nitrogens is 3. The second-order valence-electron chi connectivity index (χ2n) is 5.45. The average Bonchev–Trinajstić information content (AvgIpc) is 2.95. The zero-order valence-corrected chi connectivity index (χ0v) is 12.7. The topological polar surface area (TPSA) is 99.4 Å². The van der Waals surface area contributed by atoms with Crippen LogP contribution in [0.3, 0.4) is 0 Å². The summed E-state index contributed by atoms with van der Waals surface area (Å²) < 4.78 is 15.1. The monoisotopic (exact) mass is 306 g/mol. The molecule has 2 rings (SSSR count). The van der Waals surface area contributed by atoms with Crippen LogP contribution < -0.4 is 10.1 Å². The molecule has 0 aromatic carbocycles. The first-order valence-electron chi connectivity index (χ1n) is 6.73. The highest BCUT2D eigenvalue weighted by atomic mass is 16.6. The van der Waals surface area contributed by atoms with Crippen LogP contribution in [0.15, 0.2) is 29.1 Å². The molecule has 0 bridgehead atoms. The molecule has 0 aliphatic rings. The molecular weight excluding hydrogens is 288 g/mol. The second-order valence-corrected chi connectivity index (χ2v) is 5.45. The molecule has 0 radical (unpaired) electrons.